The third-order valence-electron chi connectivity index (χ3n) is 3.50. The molecule has 1 aliphatic rings. The van der Waals surface area contributed by atoms with E-state index in [0.29, 0.717) is 18.0 Å². The van der Waals surface area contributed by atoms with E-state index in [-0.39, 0.29) is 23.2 Å². The van der Waals surface area contributed by atoms with E-state index in [9.17, 15) is 4.79 Å². The van der Waals surface area contributed by atoms with Gasteiger partial charge in [0.15, 0.2) is 5.69 Å². The average molecular weight is 238 g/mol. The number of aryl methyl sites for hydroxylation is 1. The van der Waals surface area contributed by atoms with E-state index in [1.807, 2.05) is 13.8 Å². The molecule has 1 fully saturated rings. The molecule has 4 N–H and O–H groups in total. The Kier molecular flexibility index (Phi) is 2.82. The Balaban J connectivity index is 2.14. The number of hydrogen-bond donors (Lipinski definition) is 3. The van der Waals surface area contributed by atoms with Crippen molar-refractivity contribution in [3.63, 3.8) is 0 Å². The third-order valence-corrected chi connectivity index (χ3v) is 3.50. The number of nitrogen functional groups attached to an aromatic ring is 1. The minimum absolute atomic E-state index is 0.00675. The van der Waals surface area contributed by atoms with Crippen LogP contribution in [0.25, 0.3) is 0 Å². The van der Waals surface area contributed by atoms with Crippen LogP contribution in [0.4, 0.5) is 5.69 Å². The van der Waals surface area contributed by atoms with Crippen molar-refractivity contribution in [3.05, 3.63) is 11.4 Å². The third kappa shape index (κ3) is 2.00. The molecule has 6 nitrogen and oxygen atoms in total. The predicted molar refractivity (Wildman–Crippen MR) is 63.6 cm³/mol. The van der Waals surface area contributed by atoms with Gasteiger partial charge in [0.2, 0.25) is 0 Å². The van der Waals surface area contributed by atoms with Crippen molar-refractivity contribution < 1.29 is 9.53 Å². The second-order valence-electron chi connectivity index (χ2n) is 4.75. The monoisotopic (exact) mass is 238 g/mol. The van der Waals surface area contributed by atoms with Crippen LogP contribution in [0.1, 0.15) is 36.5 Å². The molecule has 1 aromatic heterocycles. The Hall–Kier alpha value is -1.56. The van der Waals surface area contributed by atoms with Gasteiger partial charge in [0.1, 0.15) is 0 Å². The number of hydrogen-bond acceptors (Lipinski definition) is 4. The quantitative estimate of drug-likeness (QED) is 0.703. The molecule has 2 unspecified atom stereocenters. The van der Waals surface area contributed by atoms with E-state index < -0.39 is 0 Å². The lowest BCUT2D eigenvalue weighted by Gasteiger charge is -2.28. The first-order valence-corrected chi connectivity index (χ1v) is 5.68. The highest BCUT2D eigenvalue weighted by Gasteiger charge is 2.39. The minimum atomic E-state index is -0.351. The van der Waals surface area contributed by atoms with Gasteiger partial charge in [0, 0.05) is 6.61 Å². The van der Waals surface area contributed by atoms with Crippen LogP contribution in [0, 0.1) is 6.92 Å². The van der Waals surface area contributed by atoms with Crippen LogP contribution in [0.3, 0.4) is 0 Å². The Bertz CT molecular complexity index is 443. The van der Waals surface area contributed by atoms with Gasteiger partial charge in [-0.05, 0) is 27.2 Å². The van der Waals surface area contributed by atoms with Gasteiger partial charge in [0.05, 0.1) is 23.0 Å². The first-order chi connectivity index (χ1) is 7.94. The summed E-state index contributed by atoms with van der Waals surface area (Å²) in [6.45, 7) is 6.36. The molecule has 2 atom stereocenters. The van der Waals surface area contributed by atoms with Gasteiger partial charge in [-0.25, -0.2) is 0 Å². The maximum absolute atomic E-state index is 12.1. The van der Waals surface area contributed by atoms with Gasteiger partial charge in [-0.1, -0.05) is 0 Å². The summed E-state index contributed by atoms with van der Waals surface area (Å²) in [4.78, 5) is 12.1. The van der Waals surface area contributed by atoms with Crippen molar-refractivity contribution in [2.24, 2.45) is 0 Å². The highest BCUT2D eigenvalue weighted by molar-refractivity contribution is 5.98. The number of aromatic amines is 1. The van der Waals surface area contributed by atoms with Crippen molar-refractivity contribution in [2.45, 2.75) is 38.8 Å². The number of anilines is 1. The van der Waals surface area contributed by atoms with Crippen LogP contribution in [-0.4, -0.2) is 34.4 Å². The normalized spacial score (nSPS) is 28.3. The van der Waals surface area contributed by atoms with E-state index in [1.165, 1.54) is 0 Å². The number of nitrogens with two attached hydrogens (primary N) is 1. The van der Waals surface area contributed by atoms with Gasteiger partial charge in [-0.2, -0.15) is 5.10 Å². The summed E-state index contributed by atoms with van der Waals surface area (Å²) in [5, 5.41) is 9.56. The fourth-order valence-electron chi connectivity index (χ4n) is 1.93. The molecule has 2 heterocycles. The number of carbonyl (C=O) groups excluding carboxylic acids is 1. The maximum atomic E-state index is 12.1. The number of carbonyl (C=O) groups is 1. The van der Waals surface area contributed by atoms with Crippen LogP contribution in [0.2, 0.25) is 0 Å². The molecule has 1 aliphatic heterocycles. The van der Waals surface area contributed by atoms with Crippen molar-refractivity contribution in [3.8, 4) is 0 Å². The molecule has 94 valence electrons. The lowest BCUT2D eigenvalue weighted by atomic mass is 9.94. The highest BCUT2D eigenvalue weighted by Crippen LogP contribution is 2.26. The Morgan fingerprint density at radius 2 is 2.41 bits per heavy atom. The molecule has 0 aromatic carbocycles. The second-order valence-corrected chi connectivity index (χ2v) is 4.75. The maximum Gasteiger partial charge on any atom is 0.274 e. The fraction of sp³-hybridized carbons (Fsp3) is 0.636. The summed E-state index contributed by atoms with van der Waals surface area (Å²) in [5.41, 5.74) is 6.78. The SMILES string of the molecule is Cc1[nH]nc(C(=O)NC2(C)CCOC2C)c1N. The lowest BCUT2D eigenvalue weighted by Crippen LogP contribution is -2.50. The summed E-state index contributed by atoms with van der Waals surface area (Å²) in [7, 11) is 0. The van der Waals surface area contributed by atoms with Crippen LogP contribution >= 0.6 is 0 Å². The predicted octanol–water partition coefficient (Wildman–Crippen LogP) is 0.598. The molecule has 0 radical (unpaired) electrons. The van der Waals surface area contributed by atoms with Gasteiger partial charge in [-0.3, -0.25) is 9.89 Å². The molecule has 0 aliphatic carbocycles. The number of nitrogens with zero attached hydrogens (tertiary/aromatic N) is 1. The zero-order valence-electron chi connectivity index (χ0n) is 10.3. The molecule has 17 heavy (non-hydrogen) atoms. The Morgan fingerprint density at radius 3 is 2.88 bits per heavy atom. The molecule has 6 heteroatoms. The molecule has 1 amide bonds. The molecule has 0 saturated carbocycles. The molecule has 1 saturated heterocycles. The topological polar surface area (TPSA) is 93.0 Å². The zero-order valence-corrected chi connectivity index (χ0v) is 10.3. The first kappa shape index (κ1) is 11.9. The van der Waals surface area contributed by atoms with E-state index in [4.69, 9.17) is 10.5 Å². The van der Waals surface area contributed by atoms with Crippen LogP contribution < -0.4 is 11.1 Å². The number of nitrogens with one attached hydrogen (secondary N) is 2. The van der Waals surface area contributed by atoms with Crippen LogP contribution in [0.15, 0.2) is 0 Å². The highest BCUT2D eigenvalue weighted by atomic mass is 16.5. The summed E-state index contributed by atoms with van der Waals surface area (Å²) < 4.78 is 5.47. The number of ether oxygens (including phenoxy) is 1. The van der Waals surface area contributed by atoms with Gasteiger partial charge < -0.3 is 15.8 Å². The van der Waals surface area contributed by atoms with Gasteiger partial charge in [0.25, 0.3) is 5.91 Å². The lowest BCUT2D eigenvalue weighted by molar-refractivity contribution is 0.0724. The van der Waals surface area contributed by atoms with Crippen LogP contribution in [0.5, 0.6) is 0 Å². The first-order valence-electron chi connectivity index (χ1n) is 5.68. The van der Waals surface area contributed by atoms with Gasteiger partial charge >= 0.3 is 0 Å². The van der Waals surface area contributed by atoms with E-state index >= 15 is 0 Å². The fourth-order valence-corrected chi connectivity index (χ4v) is 1.93. The Morgan fingerprint density at radius 1 is 1.71 bits per heavy atom. The summed E-state index contributed by atoms with van der Waals surface area (Å²) in [6, 6.07) is 0. The largest absolute Gasteiger partial charge is 0.395 e. The Labute approximate surface area is 99.9 Å². The molecule has 1 aromatic rings. The number of H-pyrrole nitrogens is 1. The number of aromatic nitrogens is 2. The molecule has 0 bridgehead atoms. The summed E-state index contributed by atoms with van der Waals surface area (Å²) in [6.07, 6.45) is 0.788. The molecule has 0 spiro atoms. The standard InChI is InChI=1S/C11H18N4O2/c1-6-8(12)9(15-14-6)10(16)13-11(3)4-5-17-7(11)2/h7H,4-5,12H2,1-3H3,(H,13,16)(H,14,15). The van der Waals surface area contributed by atoms with E-state index in [2.05, 4.69) is 15.5 Å². The zero-order chi connectivity index (χ0) is 12.6. The number of amides is 1. The molecular weight excluding hydrogens is 220 g/mol. The van der Waals surface area contributed by atoms with Crippen molar-refractivity contribution >= 4 is 11.6 Å². The smallest absolute Gasteiger partial charge is 0.274 e. The molecular formula is C11H18N4O2. The van der Waals surface area contributed by atoms with Crippen LogP contribution in [-0.2, 0) is 4.74 Å². The van der Waals surface area contributed by atoms with Gasteiger partial charge in [-0.15, -0.1) is 0 Å². The summed E-state index contributed by atoms with van der Waals surface area (Å²) >= 11 is 0. The van der Waals surface area contributed by atoms with E-state index in [0.717, 1.165) is 6.42 Å². The minimum Gasteiger partial charge on any atom is -0.395 e. The summed E-state index contributed by atoms with van der Waals surface area (Å²) in [5.74, 6) is -0.258. The van der Waals surface area contributed by atoms with E-state index in [1.54, 1.807) is 6.92 Å². The second kappa shape index (κ2) is 4.03. The van der Waals surface area contributed by atoms with Crippen molar-refractivity contribution in [2.75, 3.05) is 12.3 Å². The average Bonchev–Trinajstić information content (AvgIpc) is 2.74. The van der Waals surface area contributed by atoms with Crippen molar-refractivity contribution in [1.29, 1.82) is 0 Å². The number of rotatable bonds is 2. The van der Waals surface area contributed by atoms with Crippen molar-refractivity contribution in [1.82, 2.24) is 15.5 Å². The molecule has 2 rings (SSSR count).